The van der Waals surface area contributed by atoms with Crippen LogP contribution < -0.4 is 14.8 Å². The molecule has 3 fully saturated rings. The van der Waals surface area contributed by atoms with Crippen molar-refractivity contribution in [2.24, 2.45) is 11.3 Å². The van der Waals surface area contributed by atoms with Gasteiger partial charge >= 0.3 is 6.09 Å². The lowest BCUT2D eigenvalue weighted by Gasteiger charge is -2.44. The van der Waals surface area contributed by atoms with E-state index in [1.165, 1.54) is 6.07 Å². The molecule has 5 heterocycles. The van der Waals surface area contributed by atoms with Gasteiger partial charge < -0.3 is 19.5 Å². The highest BCUT2D eigenvalue weighted by Gasteiger charge is 2.41. The number of nitrogens with zero attached hydrogens (tertiary/aromatic N) is 2. The fourth-order valence-electron chi connectivity index (χ4n) is 5.37. The molecule has 0 aliphatic carbocycles. The summed E-state index contributed by atoms with van der Waals surface area (Å²) in [6.07, 6.45) is 3.19. The molecule has 1 amide bonds. The number of nitrogens with one attached hydrogen (secondary N) is 1. The van der Waals surface area contributed by atoms with Crippen LogP contribution in [-0.4, -0.2) is 54.4 Å². The summed E-state index contributed by atoms with van der Waals surface area (Å²) in [7, 11) is 0. The van der Waals surface area contributed by atoms with Gasteiger partial charge in [-0.2, -0.15) is 0 Å². The Balaban J connectivity index is 1.36. The van der Waals surface area contributed by atoms with Crippen LogP contribution in [0.4, 0.5) is 9.18 Å². The average molecular weight is 484 g/mol. The number of carbonyl (C=O) groups is 1. The number of carbonyl (C=O) groups excluding carboxylic acids is 1. The van der Waals surface area contributed by atoms with E-state index in [1.807, 2.05) is 27.7 Å². The summed E-state index contributed by atoms with van der Waals surface area (Å²) in [6, 6.07) is 6.22. The molecule has 4 aliphatic heterocycles. The Morgan fingerprint density at radius 3 is 2.66 bits per heavy atom. The van der Waals surface area contributed by atoms with Crippen LogP contribution >= 0.6 is 0 Å². The number of halogens is 1. The van der Waals surface area contributed by atoms with Gasteiger partial charge in [0.15, 0.2) is 0 Å². The van der Waals surface area contributed by atoms with Crippen molar-refractivity contribution in [1.29, 1.82) is 0 Å². The molecule has 2 bridgehead atoms. The maximum absolute atomic E-state index is 15.3. The second kappa shape index (κ2) is 9.30. The molecule has 35 heavy (non-hydrogen) atoms. The number of hydrogen-bond donors (Lipinski definition) is 1. The first-order valence-electron chi connectivity index (χ1n) is 12.5. The molecule has 2 aromatic rings. The van der Waals surface area contributed by atoms with Crippen LogP contribution in [0.25, 0.3) is 11.1 Å². The van der Waals surface area contributed by atoms with Crippen LogP contribution in [0.3, 0.4) is 0 Å². The van der Waals surface area contributed by atoms with Gasteiger partial charge in [0.25, 0.3) is 0 Å². The number of amides is 1. The summed E-state index contributed by atoms with van der Waals surface area (Å²) in [6.45, 7) is 11.2. The number of ether oxygens (including phenoxy) is 3. The molecule has 7 nitrogen and oxygen atoms in total. The summed E-state index contributed by atoms with van der Waals surface area (Å²) in [5.74, 6) is 1.07. The Kier molecular flexibility index (Phi) is 6.34. The van der Waals surface area contributed by atoms with E-state index < -0.39 is 23.4 Å². The van der Waals surface area contributed by atoms with Crippen LogP contribution in [0.2, 0.25) is 0 Å². The first-order chi connectivity index (χ1) is 16.7. The lowest BCUT2D eigenvalue weighted by atomic mass is 9.78. The predicted octanol–water partition coefficient (Wildman–Crippen LogP) is 4.96. The second-order valence-electron chi connectivity index (χ2n) is 10.9. The molecule has 188 valence electrons. The molecule has 4 aliphatic rings. The van der Waals surface area contributed by atoms with Crippen LogP contribution in [0.1, 0.15) is 52.1 Å². The normalized spacial score (nSPS) is 26.6. The monoisotopic (exact) mass is 483 g/mol. The van der Waals surface area contributed by atoms with Gasteiger partial charge in [0.1, 0.15) is 17.7 Å². The fourth-order valence-corrected chi connectivity index (χ4v) is 5.37. The lowest BCUT2D eigenvalue weighted by Crippen LogP contribution is -2.53. The molecule has 0 saturated carbocycles. The maximum atomic E-state index is 15.3. The van der Waals surface area contributed by atoms with E-state index in [9.17, 15) is 4.79 Å². The maximum Gasteiger partial charge on any atom is 0.407 e. The molecule has 0 radical (unpaired) electrons. The molecular weight excluding hydrogens is 449 g/mol. The summed E-state index contributed by atoms with van der Waals surface area (Å²) < 4.78 is 32.8. The smallest absolute Gasteiger partial charge is 0.407 e. The standard InChI is InChI=1S/C27H34FN3O4/c1-16(2)34-24-6-5-18(13-29-24)19-12-22-20(11-21(19)28)25(27(3,4)15-33-22)30-26(32)35-23-14-31-9-7-17(23)8-10-31/h5-6,11-13,16-17,23,25H,7-10,14-15H2,1-4H3,(H,30,32). The molecule has 1 aromatic heterocycles. The highest BCUT2D eigenvalue weighted by Crippen LogP contribution is 2.45. The summed E-state index contributed by atoms with van der Waals surface area (Å²) >= 11 is 0. The number of alkyl carbamates (subject to hydrolysis) is 1. The van der Waals surface area contributed by atoms with Crippen LogP contribution in [0.5, 0.6) is 11.6 Å². The van der Waals surface area contributed by atoms with Crippen LogP contribution in [-0.2, 0) is 4.74 Å². The molecular formula is C27H34FN3O4. The van der Waals surface area contributed by atoms with Crippen LogP contribution in [0.15, 0.2) is 30.5 Å². The zero-order valence-corrected chi connectivity index (χ0v) is 20.8. The third-order valence-electron chi connectivity index (χ3n) is 7.31. The predicted molar refractivity (Wildman–Crippen MR) is 130 cm³/mol. The lowest BCUT2D eigenvalue weighted by molar-refractivity contribution is -0.0361. The van der Waals surface area contributed by atoms with Crippen molar-refractivity contribution in [2.45, 2.75) is 58.8 Å². The van der Waals surface area contributed by atoms with Gasteiger partial charge in [-0.3, -0.25) is 4.90 Å². The number of piperidine rings is 3. The van der Waals surface area contributed by atoms with E-state index in [0.29, 0.717) is 40.8 Å². The zero-order chi connectivity index (χ0) is 24.7. The van der Waals surface area contributed by atoms with Crippen molar-refractivity contribution in [3.63, 3.8) is 0 Å². The van der Waals surface area contributed by atoms with Gasteiger partial charge in [0, 0.05) is 40.9 Å². The van der Waals surface area contributed by atoms with E-state index >= 15 is 4.39 Å². The van der Waals surface area contributed by atoms with Crippen LogP contribution in [0, 0.1) is 17.2 Å². The number of benzene rings is 1. The van der Waals surface area contributed by atoms with Crippen molar-refractivity contribution < 1.29 is 23.4 Å². The van der Waals surface area contributed by atoms with Crippen molar-refractivity contribution in [1.82, 2.24) is 15.2 Å². The Morgan fingerprint density at radius 2 is 2.03 bits per heavy atom. The third kappa shape index (κ3) is 4.94. The average Bonchev–Trinajstić information content (AvgIpc) is 2.82. The quantitative estimate of drug-likeness (QED) is 0.649. The van der Waals surface area contributed by atoms with E-state index in [4.69, 9.17) is 14.2 Å². The molecule has 8 heteroatoms. The van der Waals surface area contributed by atoms with Crippen molar-refractivity contribution in [3.8, 4) is 22.8 Å². The Bertz CT molecular complexity index is 1080. The number of rotatable bonds is 5. The van der Waals surface area contributed by atoms with Gasteiger partial charge in [-0.25, -0.2) is 14.2 Å². The molecule has 3 saturated heterocycles. The van der Waals surface area contributed by atoms with Gasteiger partial charge in [0.2, 0.25) is 5.88 Å². The summed E-state index contributed by atoms with van der Waals surface area (Å²) in [4.78, 5) is 19.6. The van der Waals surface area contributed by atoms with E-state index in [1.54, 1.807) is 24.4 Å². The minimum atomic E-state index is -0.455. The van der Waals surface area contributed by atoms with E-state index in [-0.39, 0.29) is 12.2 Å². The number of pyridine rings is 1. The molecule has 1 N–H and O–H groups in total. The summed E-state index contributed by atoms with van der Waals surface area (Å²) in [5.41, 5.74) is 1.19. The molecule has 0 spiro atoms. The second-order valence-corrected chi connectivity index (χ2v) is 10.9. The minimum absolute atomic E-state index is 0.00692. The zero-order valence-electron chi connectivity index (χ0n) is 20.8. The Hall–Kier alpha value is -2.87. The number of fused-ring (bicyclic) bond motifs is 4. The van der Waals surface area contributed by atoms with E-state index in [0.717, 1.165) is 32.5 Å². The fraction of sp³-hybridized carbons (Fsp3) is 0.556. The van der Waals surface area contributed by atoms with E-state index in [2.05, 4.69) is 15.2 Å². The Labute approximate surface area is 206 Å². The van der Waals surface area contributed by atoms with Gasteiger partial charge in [-0.15, -0.1) is 0 Å². The number of hydrogen-bond acceptors (Lipinski definition) is 6. The van der Waals surface area contributed by atoms with Gasteiger partial charge in [-0.05, 0) is 63.9 Å². The topological polar surface area (TPSA) is 72.9 Å². The third-order valence-corrected chi connectivity index (χ3v) is 7.31. The minimum Gasteiger partial charge on any atom is -0.493 e. The molecule has 1 aromatic carbocycles. The van der Waals surface area contributed by atoms with Gasteiger partial charge in [-0.1, -0.05) is 13.8 Å². The highest BCUT2D eigenvalue weighted by atomic mass is 19.1. The first kappa shape index (κ1) is 23.9. The van der Waals surface area contributed by atoms with Crippen molar-refractivity contribution in [2.75, 3.05) is 26.2 Å². The van der Waals surface area contributed by atoms with Crippen molar-refractivity contribution in [3.05, 3.63) is 41.8 Å². The van der Waals surface area contributed by atoms with Gasteiger partial charge in [0.05, 0.1) is 18.8 Å². The number of aromatic nitrogens is 1. The summed E-state index contributed by atoms with van der Waals surface area (Å²) in [5, 5.41) is 3.03. The van der Waals surface area contributed by atoms with Crippen molar-refractivity contribution >= 4 is 6.09 Å². The highest BCUT2D eigenvalue weighted by molar-refractivity contribution is 5.70. The Morgan fingerprint density at radius 1 is 1.26 bits per heavy atom. The largest absolute Gasteiger partial charge is 0.493 e. The molecule has 2 atom stereocenters. The first-order valence-corrected chi connectivity index (χ1v) is 12.5. The SMILES string of the molecule is CC(C)Oc1ccc(-c2cc3c(cc2F)C(NC(=O)OC2CN4CCC2CC4)C(C)(C)CO3)cn1. The molecule has 2 unspecified atom stereocenters. The molecule has 6 rings (SSSR count).